The molecule has 0 bridgehead atoms. The highest BCUT2D eigenvalue weighted by atomic mass is 16.3. The lowest BCUT2D eigenvalue weighted by Crippen LogP contribution is -2.35. The van der Waals surface area contributed by atoms with Gasteiger partial charge in [0.1, 0.15) is 22.5 Å². The summed E-state index contributed by atoms with van der Waals surface area (Å²) < 4.78 is 16.0. The van der Waals surface area contributed by atoms with Crippen molar-refractivity contribution in [3.8, 4) is 70.6 Å². The van der Waals surface area contributed by atoms with Crippen LogP contribution in [0.25, 0.3) is 145 Å². The Labute approximate surface area is 477 Å². The van der Waals surface area contributed by atoms with Gasteiger partial charge < -0.3 is 13.6 Å². The highest BCUT2D eigenvalue weighted by Crippen LogP contribution is 2.50. The third kappa shape index (κ3) is 6.54. The van der Waals surface area contributed by atoms with Crippen molar-refractivity contribution in [2.75, 3.05) is 0 Å². The average Bonchev–Trinajstić information content (AvgIpc) is 1.56. The van der Waals surface area contributed by atoms with Gasteiger partial charge in [-0.3, -0.25) is 9.13 Å². The molecule has 0 fully saturated rings. The fourth-order valence-electron chi connectivity index (χ4n) is 13.2. The highest BCUT2D eigenvalue weighted by Gasteiger charge is 2.35. The van der Waals surface area contributed by atoms with Gasteiger partial charge in [0.05, 0.1) is 114 Å². The van der Waals surface area contributed by atoms with Crippen LogP contribution in [0.2, 0.25) is 0 Å². The normalized spacial score (nSPS) is 13.9. The Balaban J connectivity index is 1.26. The minimum Gasteiger partial charge on any atom is -0.455 e. The van der Waals surface area contributed by atoms with E-state index in [9.17, 15) is 31.6 Å². The Hall–Kier alpha value is -12.5. The first-order valence-corrected chi connectivity index (χ1v) is 27.2. The number of furan rings is 1. The van der Waals surface area contributed by atoms with E-state index in [0.717, 1.165) is 86.6 Å². The number of benzene rings is 9. The van der Waals surface area contributed by atoms with Gasteiger partial charge in [-0.1, -0.05) is 84.9 Å². The number of nitrogens with zero attached hydrogens (tertiary/aromatic N) is 11. The Morgan fingerprint density at radius 2 is 0.833 bits per heavy atom. The summed E-state index contributed by atoms with van der Waals surface area (Å²) >= 11 is 0. The van der Waals surface area contributed by atoms with Crippen molar-refractivity contribution in [2.24, 2.45) is 5.41 Å². The second kappa shape index (κ2) is 17.5. The third-order valence-electron chi connectivity index (χ3n) is 16.9. The second-order valence-electron chi connectivity index (χ2n) is 21.6. The molecular formula is C72H37N11O. The van der Waals surface area contributed by atoms with Crippen LogP contribution in [-0.4, -0.2) is 23.3 Å². The molecule has 1 aliphatic carbocycles. The van der Waals surface area contributed by atoms with Crippen LogP contribution in [0.1, 0.15) is 41.2 Å². The maximum absolute atomic E-state index is 10.8. The van der Waals surface area contributed by atoms with E-state index in [2.05, 4.69) is 103 Å². The summed E-state index contributed by atoms with van der Waals surface area (Å²) in [6.07, 6.45) is 4.48. The molecule has 6 heterocycles. The number of rotatable bonds is 5. The second-order valence-corrected chi connectivity index (χ2v) is 21.6. The van der Waals surface area contributed by atoms with E-state index in [0.29, 0.717) is 90.6 Å². The molecule has 386 valence electrons. The molecule has 0 N–H and O–H groups in total. The van der Waals surface area contributed by atoms with E-state index < -0.39 is 5.41 Å². The van der Waals surface area contributed by atoms with Crippen LogP contribution in [0.15, 0.2) is 186 Å². The molecule has 15 aromatic rings. The zero-order valence-electron chi connectivity index (χ0n) is 44.5. The van der Waals surface area contributed by atoms with Gasteiger partial charge in [-0.15, -0.1) is 0 Å². The Bertz CT molecular complexity index is 5760. The number of aromatic nitrogens is 5. The van der Waals surface area contributed by atoms with Crippen molar-refractivity contribution in [3.63, 3.8) is 0 Å². The molecule has 1 unspecified atom stereocenters. The maximum Gasteiger partial charge on any atom is 0.165 e. The zero-order valence-corrected chi connectivity index (χ0v) is 44.5. The Morgan fingerprint density at radius 3 is 1.32 bits per heavy atom. The molecule has 1 atom stereocenters. The molecular weight excluding hydrogens is 1030 g/mol. The van der Waals surface area contributed by atoms with Crippen molar-refractivity contribution >= 4 is 110 Å². The number of para-hydroxylation sites is 4. The van der Waals surface area contributed by atoms with Crippen LogP contribution in [0, 0.1) is 73.4 Å². The van der Waals surface area contributed by atoms with Gasteiger partial charge in [-0.2, -0.15) is 31.6 Å². The Kier molecular flexibility index (Phi) is 9.92. The zero-order chi connectivity index (χ0) is 56.7. The SMILES string of the molecule is CC1(C#N)C=c2c(n(-c3nc(-n4c5ccccc5c5ccccc54)c(-n4c5ccc(C#N)cc5c5cc(C#N)ccc54)c(-c4cccc5c4oc4ccccc45)c3-n3c4ccc(C#N)cc4c4cc(C#N)ccc43)c3ccc(C#N)cc23)=CC1. The monoisotopic (exact) mass is 1070 g/mol. The smallest absolute Gasteiger partial charge is 0.165 e. The van der Waals surface area contributed by atoms with Crippen molar-refractivity contribution in [2.45, 2.75) is 13.3 Å². The van der Waals surface area contributed by atoms with Crippen molar-refractivity contribution in [1.82, 2.24) is 23.3 Å². The van der Waals surface area contributed by atoms with Gasteiger partial charge in [0.25, 0.3) is 0 Å². The van der Waals surface area contributed by atoms with Crippen molar-refractivity contribution in [3.05, 3.63) is 220 Å². The molecule has 16 rings (SSSR count). The van der Waals surface area contributed by atoms with Crippen LogP contribution >= 0.6 is 0 Å². The lowest BCUT2D eigenvalue weighted by atomic mass is 9.84. The molecule has 12 nitrogen and oxygen atoms in total. The van der Waals surface area contributed by atoms with E-state index in [1.807, 2.05) is 140 Å². The van der Waals surface area contributed by atoms with E-state index in [1.54, 1.807) is 12.1 Å². The van der Waals surface area contributed by atoms with E-state index in [-0.39, 0.29) is 0 Å². The Morgan fingerprint density at radius 1 is 0.417 bits per heavy atom. The summed E-state index contributed by atoms with van der Waals surface area (Å²) in [4.78, 5) is 6.28. The number of pyridine rings is 1. The lowest BCUT2D eigenvalue weighted by Gasteiger charge is -2.27. The van der Waals surface area contributed by atoms with Crippen LogP contribution in [0.3, 0.4) is 0 Å². The minimum atomic E-state index is -0.887. The summed E-state index contributed by atoms with van der Waals surface area (Å²) in [6, 6.07) is 73.3. The van der Waals surface area contributed by atoms with Crippen LogP contribution in [0.5, 0.6) is 0 Å². The quantitative estimate of drug-likeness (QED) is 0.163. The molecule has 0 aliphatic heterocycles. The minimum absolute atomic E-state index is 0.371. The number of hydrogen-bond acceptors (Lipinski definition) is 8. The maximum atomic E-state index is 10.8. The van der Waals surface area contributed by atoms with Crippen LogP contribution in [0.4, 0.5) is 0 Å². The predicted octanol–water partition coefficient (Wildman–Crippen LogP) is 14.7. The molecule has 9 aromatic carbocycles. The summed E-state index contributed by atoms with van der Waals surface area (Å²) in [5, 5.41) is 72.5. The van der Waals surface area contributed by atoms with Crippen molar-refractivity contribution < 1.29 is 4.42 Å². The molecule has 0 spiro atoms. The molecule has 12 heteroatoms. The summed E-state index contributed by atoms with van der Waals surface area (Å²) in [5.41, 5.74) is 10.5. The van der Waals surface area contributed by atoms with E-state index >= 15 is 0 Å². The van der Waals surface area contributed by atoms with Gasteiger partial charge in [0.15, 0.2) is 11.6 Å². The first-order chi connectivity index (χ1) is 41.2. The molecule has 0 saturated heterocycles. The number of fused-ring (bicyclic) bond motifs is 15. The van der Waals surface area contributed by atoms with Crippen molar-refractivity contribution in [1.29, 1.82) is 31.6 Å². The summed E-state index contributed by atoms with van der Waals surface area (Å²) in [6.45, 7) is 1.92. The van der Waals surface area contributed by atoms with Gasteiger partial charge in [0, 0.05) is 64.8 Å². The third-order valence-corrected chi connectivity index (χ3v) is 16.9. The van der Waals surface area contributed by atoms with E-state index in [1.165, 1.54) is 0 Å². The standard InChI is InChI=1S/C72H37N11O/c1-72(40-78)28-27-64-56(34-72)55-33-45(39-77)21-26-63(55)83(64)71-68(81-61-24-19-43(37-75)31-53(61)54-32-44(38-76)20-25-62(54)81)66(50-13-8-12-49-48-11-4-7-16-65(48)84-69(49)50)67(70(79-71)82-57-14-5-2-9-46(57)47-10-3-6-15-58(47)82)80-59-22-17-41(35-73)29-51(59)52-30-42(36-74)18-23-60(52)80/h2-27,29-34H,28H2,1H3. The topological polar surface area (TPSA) is 188 Å². The van der Waals surface area contributed by atoms with Gasteiger partial charge in [0.2, 0.25) is 0 Å². The molecule has 84 heavy (non-hydrogen) atoms. The van der Waals surface area contributed by atoms with Gasteiger partial charge >= 0.3 is 0 Å². The van der Waals surface area contributed by atoms with E-state index in [4.69, 9.17) is 9.40 Å². The molecule has 1 aliphatic rings. The van der Waals surface area contributed by atoms with Crippen LogP contribution in [-0.2, 0) is 0 Å². The fraction of sp³-hybridized carbons (Fsp3) is 0.0417. The first-order valence-electron chi connectivity index (χ1n) is 27.2. The summed E-state index contributed by atoms with van der Waals surface area (Å²) in [7, 11) is 0. The molecule has 0 saturated carbocycles. The van der Waals surface area contributed by atoms with Gasteiger partial charge in [-0.05, 0) is 123 Å². The predicted molar refractivity (Wildman–Crippen MR) is 327 cm³/mol. The summed E-state index contributed by atoms with van der Waals surface area (Å²) in [5.74, 6) is 0.971. The van der Waals surface area contributed by atoms with Crippen LogP contribution < -0.4 is 10.6 Å². The fourth-order valence-corrected chi connectivity index (χ4v) is 13.2. The molecule has 0 amide bonds. The highest BCUT2D eigenvalue weighted by molar-refractivity contribution is 6.17. The van der Waals surface area contributed by atoms with Gasteiger partial charge in [-0.25, -0.2) is 4.98 Å². The lowest BCUT2D eigenvalue weighted by molar-refractivity contribution is 0.626. The average molecular weight is 1070 g/mol. The molecule has 6 aromatic heterocycles. The first kappa shape index (κ1) is 47.5. The number of nitriles is 6. The molecule has 0 radical (unpaired) electrons. The largest absolute Gasteiger partial charge is 0.455 e. The number of hydrogen-bond donors (Lipinski definition) is 0.